The van der Waals surface area contributed by atoms with Crippen LogP contribution in [0.5, 0.6) is 11.5 Å². The lowest BCUT2D eigenvalue weighted by Gasteiger charge is -2.28. The molecule has 0 amide bonds. The van der Waals surface area contributed by atoms with Gasteiger partial charge >= 0.3 is 0 Å². The molecule has 1 aliphatic rings. The number of benzene rings is 1. The molecule has 0 radical (unpaired) electrons. The van der Waals surface area contributed by atoms with Gasteiger partial charge in [-0.25, -0.2) is 0 Å². The smallest absolute Gasteiger partial charge is 0.122 e. The summed E-state index contributed by atoms with van der Waals surface area (Å²) in [4.78, 5) is 2.62. The van der Waals surface area contributed by atoms with Crippen LogP contribution >= 0.6 is 0 Å². The van der Waals surface area contributed by atoms with Crippen molar-refractivity contribution in [3.05, 3.63) is 23.3 Å². The zero-order chi connectivity index (χ0) is 14.5. The van der Waals surface area contributed by atoms with E-state index in [-0.39, 0.29) is 0 Å². The molecule has 1 aliphatic carbocycles. The third-order valence-corrected chi connectivity index (χ3v) is 4.20. The molecule has 3 heteroatoms. The highest BCUT2D eigenvalue weighted by atomic mass is 16.5. The Hall–Kier alpha value is -1.22. The van der Waals surface area contributed by atoms with Gasteiger partial charge in [-0.05, 0) is 50.9 Å². The molecule has 0 unspecified atom stereocenters. The summed E-state index contributed by atoms with van der Waals surface area (Å²) < 4.78 is 11.1. The van der Waals surface area contributed by atoms with Crippen molar-refractivity contribution in [2.45, 2.75) is 45.6 Å². The van der Waals surface area contributed by atoms with Crippen molar-refractivity contribution in [3.8, 4) is 11.5 Å². The third kappa shape index (κ3) is 2.93. The minimum absolute atomic E-state index is 0.593. The van der Waals surface area contributed by atoms with Crippen LogP contribution in [0.2, 0.25) is 0 Å². The standard InChI is InChI=1S/C17H27NO2/c1-5-9-18(10-6-2)13-11-14-15(12-13)17(20-4)8-7-16(14)19-3/h7-8,13H,5-6,9-12H2,1-4H3. The van der Waals surface area contributed by atoms with E-state index in [1.54, 1.807) is 14.2 Å². The average Bonchev–Trinajstić information content (AvgIpc) is 2.91. The van der Waals surface area contributed by atoms with E-state index in [0.29, 0.717) is 6.04 Å². The third-order valence-electron chi connectivity index (χ3n) is 4.20. The molecule has 1 aromatic rings. The highest BCUT2D eigenvalue weighted by Gasteiger charge is 2.30. The summed E-state index contributed by atoms with van der Waals surface area (Å²) in [5.74, 6) is 2.02. The molecule has 112 valence electrons. The molecule has 0 saturated carbocycles. The number of fused-ring (bicyclic) bond motifs is 1. The maximum atomic E-state index is 5.53. The van der Waals surface area contributed by atoms with Gasteiger partial charge < -0.3 is 9.47 Å². The quantitative estimate of drug-likeness (QED) is 0.763. The van der Waals surface area contributed by atoms with E-state index in [2.05, 4.69) is 18.7 Å². The SMILES string of the molecule is CCCN(CCC)C1Cc2c(OC)ccc(OC)c2C1. The number of hydrogen-bond acceptors (Lipinski definition) is 3. The van der Waals surface area contributed by atoms with Crippen molar-refractivity contribution >= 4 is 0 Å². The molecule has 1 aromatic carbocycles. The predicted octanol–water partition coefficient (Wildman–Crippen LogP) is 3.29. The summed E-state index contributed by atoms with van der Waals surface area (Å²) in [5.41, 5.74) is 2.68. The van der Waals surface area contributed by atoms with Crippen molar-refractivity contribution in [2.75, 3.05) is 27.3 Å². The van der Waals surface area contributed by atoms with Crippen LogP contribution in [0.25, 0.3) is 0 Å². The van der Waals surface area contributed by atoms with Gasteiger partial charge in [-0.3, -0.25) is 4.90 Å². The molecule has 0 fully saturated rings. The molecule has 20 heavy (non-hydrogen) atoms. The summed E-state index contributed by atoms with van der Waals surface area (Å²) in [6, 6.07) is 4.66. The first-order valence-corrected chi connectivity index (χ1v) is 7.71. The number of ether oxygens (including phenoxy) is 2. The summed E-state index contributed by atoms with van der Waals surface area (Å²) >= 11 is 0. The van der Waals surface area contributed by atoms with E-state index < -0.39 is 0 Å². The van der Waals surface area contributed by atoms with Crippen LogP contribution in [0.4, 0.5) is 0 Å². The van der Waals surface area contributed by atoms with E-state index in [0.717, 1.165) is 24.3 Å². The first kappa shape index (κ1) is 15.2. The maximum absolute atomic E-state index is 5.53. The van der Waals surface area contributed by atoms with Crippen LogP contribution < -0.4 is 9.47 Å². The lowest BCUT2D eigenvalue weighted by atomic mass is 10.1. The Labute approximate surface area is 122 Å². The van der Waals surface area contributed by atoms with Gasteiger partial charge in [0.2, 0.25) is 0 Å². The van der Waals surface area contributed by atoms with Gasteiger partial charge in [0, 0.05) is 17.2 Å². The molecule has 0 aliphatic heterocycles. The van der Waals surface area contributed by atoms with Gasteiger partial charge in [-0.15, -0.1) is 0 Å². The summed E-state index contributed by atoms with van der Waals surface area (Å²) in [7, 11) is 3.51. The van der Waals surface area contributed by atoms with E-state index in [1.807, 2.05) is 12.1 Å². The minimum Gasteiger partial charge on any atom is -0.496 e. The van der Waals surface area contributed by atoms with E-state index in [4.69, 9.17) is 9.47 Å². The van der Waals surface area contributed by atoms with Crippen LogP contribution in [0.15, 0.2) is 12.1 Å². The predicted molar refractivity (Wildman–Crippen MR) is 82.9 cm³/mol. The number of hydrogen-bond donors (Lipinski definition) is 0. The topological polar surface area (TPSA) is 21.7 Å². The number of nitrogens with zero attached hydrogens (tertiary/aromatic N) is 1. The maximum Gasteiger partial charge on any atom is 0.122 e. The highest BCUT2D eigenvalue weighted by Crippen LogP contribution is 2.38. The largest absolute Gasteiger partial charge is 0.496 e. The monoisotopic (exact) mass is 277 g/mol. The van der Waals surface area contributed by atoms with Crippen LogP contribution in [-0.4, -0.2) is 38.3 Å². The Balaban J connectivity index is 2.24. The van der Waals surface area contributed by atoms with Crippen LogP contribution in [0.3, 0.4) is 0 Å². The van der Waals surface area contributed by atoms with Gasteiger partial charge in [0.1, 0.15) is 11.5 Å². The average molecular weight is 277 g/mol. The van der Waals surface area contributed by atoms with Gasteiger partial charge in [0.25, 0.3) is 0 Å². The summed E-state index contributed by atoms with van der Waals surface area (Å²) in [5, 5.41) is 0. The fraction of sp³-hybridized carbons (Fsp3) is 0.647. The molecule has 0 heterocycles. The van der Waals surface area contributed by atoms with Crippen LogP contribution in [0.1, 0.15) is 37.8 Å². The molecule has 0 spiro atoms. The molecule has 0 bridgehead atoms. The fourth-order valence-electron chi connectivity index (χ4n) is 3.33. The first-order chi connectivity index (χ1) is 9.74. The zero-order valence-electron chi connectivity index (χ0n) is 13.2. The van der Waals surface area contributed by atoms with Gasteiger partial charge in [0.15, 0.2) is 0 Å². The molecule has 3 nitrogen and oxygen atoms in total. The van der Waals surface area contributed by atoms with Gasteiger partial charge in [-0.1, -0.05) is 13.8 Å². The van der Waals surface area contributed by atoms with E-state index in [1.165, 1.54) is 37.1 Å². The summed E-state index contributed by atoms with van der Waals surface area (Å²) in [6.45, 7) is 6.87. The van der Waals surface area contributed by atoms with Gasteiger partial charge in [0.05, 0.1) is 14.2 Å². The van der Waals surface area contributed by atoms with Crippen molar-refractivity contribution in [1.29, 1.82) is 0 Å². The molecule has 0 aromatic heterocycles. The van der Waals surface area contributed by atoms with Crippen molar-refractivity contribution < 1.29 is 9.47 Å². The lowest BCUT2D eigenvalue weighted by Crippen LogP contribution is -2.37. The Bertz CT molecular complexity index is 406. The molecular weight excluding hydrogens is 250 g/mol. The molecule has 0 atom stereocenters. The van der Waals surface area contributed by atoms with E-state index in [9.17, 15) is 0 Å². The highest BCUT2D eigenvalue weighted by molar-refractivity contribution is 5.52. The van der Waals surface area contributed by atoms with Crippen LogP contribution in [-0.2, 0) is 12.8 Å². The van der Waals surface area contributed by atoms with E-state index >= 15 is 0 Å². The second kappa shape index (κ2) is 6.98. The second-order valence-corrected chi connectivity index (χ2v) is 5.53. The van der Waals surface area contributed by atoms with Crippen molar-refractivity contribution in [2.24, 2.45) is 0 Å². The molecule has 0 saturated heterocycles. The Kier molecular flexibility index (Phi) is 5.30. The number of methoxy groups -OCH3 is 2. The normalized spacial score (nSPS) is 14.7. The Morgan fingerprint density at radius 1 is 0.950 bits per heavy atom. The Morgan fingerprint density at radius 2 is 1.40 bits per heavy atom. The summed E-state index contributed by atoms with van der Waals surface area (Å²) in [6.07, 6.45) is 4.58. The van der Waals surface area contributed by atoms with Crippen molar-refractivity contribution in [1.82, 2.24) is 4.90 Å². The molecule has 0 N–H and O–H groups in total. The lowest BCUT2D eigenvalue weighted by molar-refractivity contribution is 0.201. The van der Waals surface area contributed by atoms with Crippen molar-refractivity contribution in [3.63, 3.8) is 0 Å². The zero-order valence-corrected chi connectivity index (χ0v) is 13.2. The first-order valence-electron chi connectivity index (χ1n) is 7.71. The Morgan fingerprint density at radius 3 is 1.75 bits per heavy atom. The molecular formula is C17H27NO2. The fourth-order valence-corrected chi connectivity index (χ4v) is 3.33. The second-order valence-electron chi connectivity index (χ2n) is 5.53. The molecule has 2 rings (SSSR count). The van der Waals surface area contributed by atoms with Gasteiger partial charge in [-0.2, -0.15) is 0 Å². The van der Waals surface area contributed by atoms with Crippen LogP contribution in [0, 0.1) is 0 Å². The number of rotatable bonds is 7. The minimum atomic E-state index is 0.593.